The molecule has 10 heteroatoms. The molecule has 2 aromatic carbocycles. The Labute approximate surface area is 155 Å². The first-order chi connectivity index (χ1) is 12.1. The summed E-state index contributed by atoms with van der Waals surface area (Å²) in [7, 11) is -0.984. The number of ether oxygens (including phenoxy) is 1. The van der Waals surface area contributed by atoms with Crippen molar-refractivity contribution in [2.75, 3.05) is 14.1 Å². The number of hydrogen-bond donors (Lipinski definition) is 0. The number of halogens is 1. The molecule has 2 aromatic rings. The van der Waals surface area contributed by atoms with Gasteiger partial charge in [0.2, 0.25) is 10.0 Å². The van der Waals surface area contributed by atoms with Gasteiger partial charge < -0.3 is 4.74 Å². The van der Waals surface area contributed by atoms with Crippen molar-refractivity contribution < 1.29 is 22.9 Å². The fourth-order valence-corrected chi connectivity index (χ4v) is 3.10. The standard InChI is InChI=1S/C16H15ClN2O6S/c1-18(2)26(23,24)13-7-8-15(17)14(9-13)16(20)25-10-11-3-5-12(6-4-11)19(21)22/h3-9H,10H2,1-2H3. The van der Waals surface area contributed by atoms with Gasteiger partial charge in [0.15, 0.2) is 0 Å². The van der Waals surface area contributed by atoms with E-state index in [0.717, 1.165) is 10.4 Å². The van der Waals surface area contributed by atoms with Crippen molar-refractivity contribution in [1.82, 2.24) is 4.31 Å². The SMILES string of the molecule is CN(C)S(=O)(=O)c1ccc(Cl)c(C(=O)OCc2ccc([N+](=O)[O-])cc2)c1. The molecular formula is C16H15ClN2O6S. The molecule has 0 aliphatic heterocycles. The average molecular weight is 399 g/mol. The second-order valence-electron chi connectivity index (χ2n) is 5.43. The van der Waals surface area contributed by atoms with Gasteiger partial charge in [0.1, 0.15) is 6.61 Å². The summed E-state index contributed by atoms with van der Waals surface area (Å²) in [5.74, 6) is -0.802. The zero-order chi connectivity index (χ0) is 19.5. The van der Waals surface area contributed by atoms with Gasteiger partial charge in [0, 0.05) is 26.2 Å². The lowest BCUT2D eigenvalue weighted by Crippen LogP contribution is -2.22. The van der Waals surface area contributed by atoms with Crippen LogP contribution in [0.1, 0.15) is 15.9 Å². The summed E-state index contributed by atoms with van der Waals surface area (Å²) >= 11 is 5.97. The van der Waals surface area contributed by atoms with Crippen LogP contribution in [0, 0.1) is 10.1 Å². The van der Waals surface area contributed by atoms with E-state index in [9.17, 15) is 23.3 Å². The Morgan fingerprint density at radius 1 is 1.19 bits per heavy atom. The van der Waals surface area contributed by atoms with Crippen LogP contribution in [-0.2, 0) is 21.4 Å². The van der Waals surface area contributed by atoms with Crippen LogP contribution in [0.4, 0.5) is 5.69 Å². The van der Waals surface area contributed by atoms with Crippen LogP contribution in [0.3, 0.4) is 0 Å². The minimum atomic E-state index is -3.73. The highest BCUT2D eigenvalue weighted by molar-refractivity contribution is 7.89. The van der Waals surface area contributed by atoms with Crippen LogP contribution in [0.2, 0.25) is 5.02 Å². The first-order valence-corrected chi connectivity index (χ1v) is 9.07. The van der Waals surface area contributed by atoms with Crippen LogP contribution in [0.15, 0.2) is 47.4 Å². The first kappa shape index (κ1) is 19.8. The van der Waals surface area contributed by atoms with E-state index in [1.165, 1.54) is 50.5 Å². The maximum atomic E-state index is 12.2. The van der Waals surface area contributed by atoms with Crippen molar-refractivity contribution >= 4 is 33.3 Å². The van der Waals surface area contributed by atoms with Gasteiger partial charge in [-0.2, -0.15) is 0 Å². The molecule has 0 fully saturated rings. The molecule has 0 spiro atoms. The van der Waals surface area contributed by atoms with E-state index in [4.69, 9.17) is 16.3 Å². The molecule has 0 radical (unpaired) electrons. The van der Waals surface area contributed by atoms with Crippen LogP contribution < -0.4 is 0 Å². The Bertz CT molecular complexity index is 942. The van der Waals surface area contributed by atoms with E-state index in [0.29, 0.717) is 5.56 Å². The Balaban J connectivity index is 2.18. The predicted octanol–water partition coefficient (Wildman–Crippen LogP) is 2.86. The molecule has 8 nitrogen and oxygen atoms in total. The van der Waals surface area contributed by atoms with Gasteiger partial charge in [0.05, 0.1) is 20.4 Å². The number of carbonyl (C=O) groups excluding carboxylic acids is 1. The van der Waals surface area contributed by atoms with Crippen LogP contribution >= 0.6 is 11.6 Å². The first-order valence-electron chi connectivity index (χ1n) is 7.25. The van der Waals surface area contributed by atoms with E-state index in [2.05, 4.69) is 0 Å². The van der Waals surface area contributed by atoms with Crippen molar-refractivity contribution in [3.8, 4) is 0 Å². The van der Waals surface area contributed by atoms with E-state index in [-0.39, 0.29) is 27.8 Å². The minimum Gasteiger partial charge on any atom is -0.457 e. The molecule has 0 amide bonds. The average Bonchev–Trinajstić information content (AvgIpc) is 2.60. The van der Waals surface area contributed by atoms with Crippen LogP contribution in [0.25, 0.3) is 0 Å². The maximum absolute atomic E-state index is 12.2. The van der Waals surface area contributed by atoms with Gasteiger partial charge in [-0.05, 0) is 35.9 Å². The summed E-state index contributed by atoms with van der Waals surface area (Å²) in [4.78, 5) is 22.2. The third-order valence-corrected chi connectivity index (χ3v) is 5.59. The number of esters is 1. The lowest BCUT2D eigenvalue weighted by atomic mass is 10.2. The highest BCUT2D eigenvalue weighted by Crippen LogP contribution is 2.23. The molecule has 0 aliphatic rings. The fraction of sp³-hybridized carbons (Fsp3) is 0.188. The maximum Gasteiger partial charge on any atom is 0.340 e. The quantitative estimate of drug-likeness (QED) is 0.420. The largest absolute Gasteiger partial charge is 0.457 e. The minimum absolute atomic E-state index is 0.0522. The van der Waals surface area contributed by atoms with E-state index in [1.54, 1.807) is 0 Å². The van der Waals surface area contributed by atoms with Crippen molar-refractivity contribution in [2.24, 2.45) is 0 Å². The van der Waals surface area contributed by atoms with Gasteiger partial charge in [-0.25, -0.2) is 17.5 Å². The zero-order valence-electron chi connectivity index (χ0n) is 13.9. The predicted molar refractivity (Wildman–Crippen MR) is 94.5 cm³/mol. The molecule has 138 valence electrons. The van der Waals surface area contributed by atoms with Crippen LogP contribution in [0.5, 0.6) is 0 Å². The Kier molecular flexibility index (Phi) is 5.96. The molecule has 26 heavy (non-hydrogen) atoms. The topological polar surface area (TPSA) is 107 Å². The molecule has 0 unspecified atom stereocenters. The Hall–Kier alpha value is -2.49. The summed E-state index contributed by atoms with van der Waals surface area (Å²) in [5, 5.41) is 10.7. The van der Waals surface area contributed by atoms with Gasteiger partial charge in [-0.15, -0.1) is 0 Å². The molecule has 0 N–H and O–H groups in total. The molecule has 0 heterocycles. The summed E-state index contributed by atoms with van der Waals surface area (Å²) in [6.45, 7) is -0.141. The van der Waals surface area contributed by atoms with Crippen LogP contribution in [-0.4, -0.2) is 37.7 Å². The lowest BCUT2D eigenvalue weighted by Gasteiger charge is -2.13. The van der Waals surface area contributed by atoms with Crippen molar-refractivity contribution in [1.29, 1.82) is 0 Å². The number of nitro groups is 1. The molecule has 0 saturated heterocycles. The monoisotopic (exact) mass is 398 g/mol. The number of non-ortho nitro benzene ring substituents is 1. The number of carbonyl (C=O) groups is 1. The highest BCUT2D eigenvalue weighted by atomic mass is 35.5. The number of rotatable bonds is 6. The van der Waals surface area contributed by atoms with E-state index >= 15 is 0 Å². The highest BCUT2D eigenvalue weighted by Gasteiger charge is 2.21. The fourth-order valence-electron chi connectivity index (χ4n) is 1.97. The molecule has 0 aromatic heterocycles. The number of hydrogen-bond acceptors (Lipinski definition) is 6. The third kappa shape index (κ3) is 4.37. The Morgan fingerprint density at radius 2 is 1.81 bits per heavy atom. The normalized spacial score (nSPS) is 11.4. The van der Waals surface area contributed by atoms with Crippen molar-refractivity contribution in [3.63, 3.8) is 0 Å². The molecule has 0 atom stereocenters. The molecule has 2 rings (SSSR count). The molecule has 0 aliphatic carbocycles. The second kappa shape index (κ2) is 7.81. The van der Waals surface area contributed by atoms with Crippen molar-refractivity contribution in [3.05, 3.63) is 68.7 Å². The lowest BCUT2D eigenvalue weighted by molar-refractivity contribution is -0.384. The van der Waals surface area contributed by atoms with Gasteiger partial charge in [-0.1, -0.05) is 11.6 Å². The smallest absolute Gasteiger partial charge is 0.340 e. The molecule has 0 bridgehead atoms. The summed E-state index contributed by atoms with van der Waals surface area (Å²) in [6.07, 6.45) is 0. The Morgan fingerprint density at radius 3 is 2.35 bits per heavy atom. The summed E-state index contributed by atoms with van der Waals surface area (Å²) in [5.41, 5.74) is 0.373. The van der Waals surface area contributed by atoms with Gasteiger partial charge >= 0.3 is 5.97 Å². The van der Waals surface area contributed by atoms with Gasteiger partial charge in [0.25, 0.3) is 5.69 Å². The van der Waals surface area contributed by atoms with Crippen molar-refractivity contribution in [2.45, 2.75) is 11.5 Å². The number of benzene rings is 2. The molecule has 0 saturated carbocycles. The number of nitrogens with zero attached hydrogens (tertiary/aromatic N) is 2. The third-order valence-electron chi connectivity index (χ3n) is 3.45. The van der Waals surface area contributed by atoms with E-state index < -0.39 is 20.9 Å². The molecular weight excluding hydrogens is 384 g/mol. The summed E-state index contributed by atoms with van der Waals surface area (Å²) in [6, 6.07) is 9.25. The second-order valence-corrected chi connectivity index (χ2v) is 7.99. The number of nitro benzene ring substituents is 1. The van der Waals surface area contributed by atoms with E-state index in [1.807, 2.05) is 0 Å². The zero-order valence-corrected chi connectivity index (χ0v) is 15.5. The summed E-state index contributed by atoms with van der Waals surface area (Å²) < 4.78 is 30.5. The number of sulfonamides is 1. The van der Waals surface area contributed by atoms with Gasteiger partial charge in [-0.3, -0.25) is 10.1 Å².